The van der Waals surface area contributed by atoms with E-state index in [1.165, 1.54) is 5.56 Å². The molecule has 0 radical (unpaired) electrons. The van der Waals surface area contributed by atoms with Crippen LogP contribution in [-0.4, -0.2) is 33.0 Å². The monoisotopic (exact) mass is 293 g/mol. The first-order valence-corrected chi connectivity index (χ1v) is 7.91. The largest absolute Gasteiger partial charge is 0.490 e. The molecule has 0 spiro atoms. The molecule has 1 aromatic rings. The Kier molecular flexibility index (Phi) is 6.33. The average Bonchev–Trinajstić information content (AvgIpc) is 2.70. The van der Waals surface area contributed by atoms with Crippen molar-refractivity contribution in [3.05, 3.63) is 23.8 Å². The lowest BCUT2D eigenvalue weighted by atomic mass is 10.1. The van der Waals surface area contributed by atoms with Gasteiger partial charge in [-0.05, 0) is 30.2 Å². The van der Waals surface area contributed by atoms with E-state index in [1.54, 1.807) is 0 Å². The summed E-state index contributed by atoms with van der Waals surface area (Å²) >= 11 is 0. The Bertz CT molecular complexity index is 434. The van der Waals surface area contributed by atoms with E-state index < -0.39 is 0 Å². The van der Waals surface area contributed by atoms with Gasteiger partial charge in [0.05, 0.1) is 25.9 Å². The lowest BCUT2D eigenvalue weighted by Gasteiger charge is -2.20. The molecule has 0 saturated carbocycles. The van der Waals surface area contributed by atoms with Crippen molar-refractivity contribution in [2.45, 2.75) is 33.2 Å². The van der Waals surface area contributed by atoms with E-state index in [9.17, 15) is 0 Å². The molecular weight excluding hydrogens is 266 g/mol. The summed E-state index contributed by atoms with van der Waals surface area (Å²) in [7, 11) is 0. The number of nitrogens with one attached hydrogen (secondary N) is 1. The minimum absolute atomic E-state index is 0.186. The van der Waals surface area contributed by atoms with Gasteiger partial charge < -0.3 is 19.5 Å². The van der Waals surface area contributed by atoms with Crippen LogP contribution in [-0.2, 0) is 4.74 Å². The maximum absolute atomic E-state index is 5.80. The lowest BCUT2D eigenvalue weighted by Crippen LogP contribution is -2.26. The Morgan fingerprint density at radius 1 is 1.14 bits per heavy atom. The van der Waals surface area contributed by atoms with Crippen molar-refractivity contribution in [2.75, 3.05) is 33.0 Å². The second-order valence-corrected chi connectivity index (χ2v) is 5.80. The summed E-state index contributed by atoms with van der Waals surface area (Å²) in [5.41, 5.74) is 1.19. The predicted octanol–water partition coefficient (Wildman–Crippen LogP) is 3.17. The maximum atomic E-state index is 5.80. The highest BCUT2D eigenvalue weighted by Crippen LogP contribution is 2.32. The number of fused-ring (bicyclic) bond motifs is 1. The summed E-state index contributed by atoms with van der Waals surface area (Å²) in [6.45, 7) is 10.2. The second-order valence-electron chi connectivity index (χ2n) is 5.80. The van der Waals surface area contributed by atoms with E-state index in [4.69, 9.17) is 14.2 Å². The van der Waals surface area contributed by atoms with Crippen LogP contribution in [0.25, 0.3) is 0 Å². The molecule has 1 atom stereocenters. The average molecular weight is 293 g/mol. The quantitative estimate of drug-likeness (QED) is 0.838. The van der Waals surface area contributed by atoms with E-state index in [2.05, 4.69) is 38.2 Å². The SMILES string of the molecule is CCNC(COCC(C)C)c1ccc2c(c1)OCCCO2. The predicted molar refractivity (Wildman–Crippen MR) is 84.1 cm³/mol. The van der Waals surface area contributed by atoms with Crippen LogP contribution in [0.2, 0.25) is 0 Å². The fourth-order valence-corrected chi connectivity index (χ4v) is 2.34. The molecule has 0 saturated heterocycles. The van der Waals surface area contributed by atoms with Crippen molar-refractivity contribution < 1.29 is 14.2 Å². The third-order valence-electron chi connectivity index (χ3n) is 3.36. The van der Waals surface area contributed by atoms with Crippen LogP contribution in [0.3, 0.4) is 0 Å². The van der Waals surface area contributed by atoms with Crippen LogP contribution in [0.1, 0.15) is 38.8 Å². The van der Waals surface area contributed by atoms with Gasteiger partial charge in [0.25, 0.3) is 0 Å². The molecule has 2 rings (SSSR count). The normalized spacial score (nSPS) is 15.8. The van der Waals surface area contributed by atoms with Crippen molar-refractivity contribution in [1.29, 1.82) is 0 Å². The van der Waals surface area contributed by atoms with Gasteiger partial charge in [0.15, 0.2) is 11.5 Å². The number of ether oxygens (including phenoxy) is 3. The molecule has 1 aliphatic rings. The molecule has 1 N–H and O–H groups in total. The number of hydrogen-bond donors (Lipinski definition) is 1. The highest BCUT2D eigenvalue weighted by Gasteiger charge is 2.16. The number of hydrogen-bond acceptors (Lipinski definition) is 4. The first-order valence-electron chi connectivity index (χ1n) is 7.91. The fourth-order valence-electron chi connectivity index (χ4n) is 2.34. The minimum Gasteiger partial charge on any atom is -0.490 e. The van der Waals surface area contributed by atoms with E-state index >= 15 is 0 Å². The van der Waals surface area contributed by atoms with Crippen molar-refractivity contribution >= 4 is 0 Å². The van der Waals surface area contributed by atoms with E-state index in [1.807, 2.05) is 6.07 Å². The molecule has 0 aromatic heterocycles. The van der Waals surface area contributed by atoms with Crippen molar-refractivity contribution in [2.24, 2.45) is 5.92 Å². The van der Waals surface area contributed by atoms with E-state index in [0.717, 1.165) is 37.7 Å². The minimum atomic E-state index is 0.186. The molecule has 1 aromatic carbocycles. The molecule has 1 aliphatic heterocycles. The summed E-state index contributed by atoms with van der Waals surface area (Å²) in [4.78, 5) is 0. The Morgan fingerprint density at radius 3 is 2.62 bits per heavy atom. The summed E-state index contributed by atoms with van der Waals surface area (Å²) in [5, 5.41) is 3.47. The van der Waals surface area contributed by atoms with Crippen LogP contribution in [0.15, 0.2) is 18.2 Å². The highest BCUT2D eigenvalue weighted by atomic mass is 16.5. The number of likely N-dealkylation sites (N-methyl/N-ethyl adjacent to an activating group) is 1. The van der Waals surface area contributed by atoms with Crippen molar-refractivity contribution in [3.8, 4) is 11.5 Å². The molecule has 0 aliphatic carbocycles. The van der Waals surface area contributed by atoms with Gasteiger partial charge in [-0.15, -0.1) is 0 Å². The van der Waals surface area contributed by atoms with Crippen molar-refractivity contribution in [3.63, 3.8) is 0 Å². The molecule has 118 valence electrons. The summed E-state index contributed by atoms with van der Waals surface area (Å²) in [6, 6.07) is 6.36. The highest BCUT2D eigenvalue weighted by molar-refractivity contribution is 5.44. The van der Waals surface area contributed by atoms with Gasteiger partial charge in [-0.2, -0.15) is 0 Å². The Balaban J connectivity index is 2.06. The van der Waals surface area contributed by atoms with E-state index in [-0.39, 0.29) is 6.04 Å². The van der Waals surface area contributed by atoms with Gasteiger partial charge in [-0.3, -0.25) is 0 Å². The fraction of sp³-hybridized carbons (Fsp3) is 0.647. The first kappa shape index (κ1) is 16.1. The van der Waals surface area contributed by atoms with Gasteiger partial charge in [-0.25, -0.2) is 0 Å². The summed E-state index contributed by atoms with van der Waals surface area (Å²) in [6.07, 6.45) is 0.929. The molecule has 0 bridgehead atoms. The van der Waals surface area contributed by atoms with Gasteiger partial charge in [0.2, 0.25) is 0 Å². The Hall–Kier alpha value is -1.26. The second kappa shape index (κ2) is 8.25. The topological polar surface area (TPSA) is 39.7 Å². The Morgan fingerprint density at radius 2 is 1.90 bits per heavy atom. The van der Waals surface area contributed by atoms with Crippen LogP contribution in [0, 0.1) is 5.92 Å². The molecule has 0 amide bonds. The lowest BCUT2D eigenvalue weighted by molar-refractivity contribution is 0.0904. The first-order chi connectivity index (χ1) is 10.2. The molecule has 1 heterocycles. The van der Waals surface area contributed by atoms with Crippen LogP contribution < -0.4 is 14.8 Å². The third-order valence-corrected chi connectivity index (χ3v) is 3.36. The molecule has 1 unspecified atom stereocenters. The Labute approximate surface area is 127 Å². The smallest absolute Gasteiger partial charge is 0.161 e. The zero-order chi connectivity index (χ0) is 15.1. The van der Waals surface area contributed by atoms with E-state index in [0.29, 0.717) is 19.1 Å². The maximum Gasteiger partial charge on any atom is 0.161 e. The van der Waals surface area contributed by atoms with Crippen LogP contribution >= 0.6 is 0 Å². The summed E-state index contributed by atoms with van der Waals surface area (Å²) < 4.78 is 17.2. The summed E-state index contributed by atoms with van der Waals surface area (Å²) in [5.74, 6) is 2.24. The van der Waals surface area contributed by atoms with Gasteiger partial charge in [0.1, 0.15) is 0 Å². The molecule has 4 heteroatoms. The van der Waals surface area contributed by atoms with Gasteiger partial charge in [0, 0.05) is 13.0 Å². The number of benzene rings is 1. The van der Waals surface area contributed by atoms with Crippen LogP contribution in [0.5, 0.6) is 11.5 Å². The van der Waals surface area contributed by atoms with Gasteiger partial charge >= 0.3 is 0 Å². The van der Waals surface area contributed by atoms with Crippen molar-refractivity contribution in [1.82, 2.24) is 5.32 Å². The third kappa shape index (κ3) is 4.90. The molecule has 0 fully saturated rings. The van der Waals surface area contributed by atoms with Crippen LogP contribution in [0.4, 0.5) is 0 Å². The zero-order valence-corrected chi connectivity index (χ0v) is 13.4. The van der Waals surface area contributed by atoms with Gasteiger partial charge in [-0.1, -0.05) is 26.8 Å². The molecule has 4 nitrogen and oxygen atoms in total. The number of rotatable bonds is 7. The molecule has 21 heavy (non-hydrogen) atoms. The standard InChI is InChI=1S/C17H27NO3/c1-4-18-15(12-19-11-13(2)3)14-6-7-16-17(10-14)21-9-5-8-20-16/h6-7,10,13,15,18H,4-5,8-9,11-12H2,1-3H3. The molecular formula is C17H27NO3. The zero-order valence-electron chi connectivity index (χ0n) is 13.4.